The van der Waals surface area contributed by atoms with Crippen LogP contribution in [0.1, 0.15) is 43.7 Å². The van der Waals surface area contributed by atoms with Gasteiger partial charge < -0.3 is 15.0 Å². The maximum absolute atomic E-state index is 5.51. The topological polar surface area (TPSA) is 37.4 Å². The van der Waals surface area contributed by atoms with Gasteiger partial charge in [-0.15, -0.1) is 11.3 Å². The average Bonchev–Trinajstić information content (AvgIpc) is 2.91. The Bertz CT molecular complexity index is 408. The first-order chi connectivity index (χ1) is 9.78. The molecule has 4 nitrogen and oxygen atoms in total. The lowest BCUT2D eigenvalue weighted by Crippen LogP contribution is -2.39. The number of piperidine rings is 1. The summed E-state index contributed by atoms with van der Waals surface area (Å²) < 4.78 is 5.51. The lowest BCUT2D eigenvalue weighted by Gasteiger charge is -2.31. The zero-order valence-corrected chi connectivity index (χ0v) is 13.8. The van der Waals surface area contributed by atoms with E-state index in [1.165, 1.54) is 35.0 Å². The number of thiazole rings is 1. The fourth-order valence-corrected chi connectivity index (χ4v) is 3.76. The van der Waals surface area contributed by atoms with Gasteiger partial charge in [0, 0.05) is 31.6 Å². The van der Waals surface area contributed by atoms with Crippen molar-refractivity contribution in [1.29, 1.82) is 0 Å². The first-order valence-electron chi connectivity index (χ1n) is 7.75. The van der Waals surface area contributed by atoms with E-state index in [0.29, 0.717) is 6.10 Å². The number of nitrogens with one attached hydrogen (secondary N) is 1. The molecule has 1 aromatic heterocycles. The first-order valence-corrected chi connectivity index (χ1v) is 8.57. The average molecular weight is 297 g/mol. The van der Waals surface area contributed by atoms with Crippen molar-refractivity contribution >= 4 is 16.5 Å². The van der Waals surface area contributed by atoms with Crippen molar-refractivity contribution in [2.45, 2.75) is 52.2 Å². The Morgan fingerprint density at radius 1 is 1.45 bits per heavy atom. The fraction of sp³-hybridized carbons (Fsp3) is 0.800. The molecule has 1 N–H and O–H groups in total. The largest absolute Gasteiger partial charge is 0.380 e. The minimum Gasteiger partial charge on any atom is -0.380 e. The zero-order valence-electron chi connectivity index (χ0n) is 12.9. The van der Waals surface area contributed by atoms with Gasteiger partial charge in [-0.25, -0.2) is 4.98 Å². The molecule has 0 saturated carbocycles. The highest BCUT2D eigenvalue weighted by Gasteiger charge is 2.22. The second kappa shape index (κ2) is 7.96. The molecule has 1 unspecified atom stereocenters. The van der Waals surface area contributed by atoms with Crippen molar-refractivity contribution in [3.63, 3.8) is 0 Å². The Labute approximate surface area is 126 Å². The number of aryl methyl sites for hydroxylation is 1. The number of rotatable bonds is 7. The van der Waals surface area contributed by atoms with Gasteiger partial charge >= 0.3 is 0 Å². The Kier molecular flexibility index (Phi) is 6.26. The minimum atomic E-state index is 0.361. The lowest BCUT2D eigenvalue weighted by atomic mass is 10.1. The normalized spacial score (nSPS) is 19.6. The lowest BCUT2D eigenvalue weighted by molar-refractivity contribution is 0.0893. The summed E-state index contributed by atoms with van der Waals surface area (Å²) in [7, 11) is 1.81. The molecule has 1 aliphatic rings. The summed E-state index contributed by atoms with van der Waals surface area (Å²) in [5, 5.41) is 4.67. The molecule has 1 aliphatic heterocycles. The van der Waals surface area contributed by atoms with Gasteiger partial charge in [0.25, 0.3) is 0 Å². The Balaban J connectivity index is 2.04. The van der Waals surface area contributed by atoms with Crippen LogP contribution in [0.5, 0.6) is 0 Å². The monoisotopic (exact) mass is 297 g/mol. The van der Waals surface area contributed by atoms with Crippen LogP contribution in [0.3, 0.4) is 0 Å². The summed E-state index contributed by atoms with van der Waals surface area (Å²) in [5.74, 6) is 0. The van der Waals surface area contributed by atoms with Crippen molar-refractivity contribution in [2.24, 2.45) is 0 Å². The molecule has 2 rings (SSSR count). The fourth-order valence-electron chi connectivity index (χ4n) is 2.60. The molecule has 1 saturated heterocycles. The van der Waals surface area contributed by atoms with Crippen molar-refractivity contribution in [2.75, 3.05) is 31.6 Å². The van der Waals surface area contributed by atoms with Crippen LogP contribution in [0.15, 0.2) is 0 Å². The van der Waals surface area contributed by atoms with Crippen LogP contribution in [-0.2, 0) is 17.7 Å². The number of aromatic nitrogens is 1. The molecule has 0 bridgehead atoms. The summed E-state index contributed by atoms with van der Waals surface area (Å²) in [4.78, 5) is 8.64. The summed E-state index contributed by atoms with van der Waals surface area (Å²) in [5.41, 5.74) is 1.26. The number of anilines is 1. The van der Waals surface area contributed by atoms with E-state index in [1.807, 2.05) is 18.4 Å². The number of nitrogens with zero attached hydrogens (tertiary/aromatic N) is 2. The van der Waals surface area contributed by atoms with Gasteiger partial charge in [0.15, 0.2) is 5.13 Å². The second-order valence-corrected chi connectivity index (χ2v) is 6.40. The van der Waals surface area contributed by atoms with Crippen LogP contribution in [-0.4, -0.2) is 37.8 Å². The minimum absolute atomic E-state index is 0.361. The van der Waals surface area contributed by atoms with Crippen molar-refractivity contribution in [3.05, 3.63) is 10.6 Å². The van der Waals surface area contributed by atoms with Gasteiger partial charge in [0.05, 0.1) is 11.8 Å². The quantitative estimate of drug-likeness (QED) is 0.785. The maximum atomic E-state index is 5.51. The number of methoxy groups -OCH3 is 1. The van der Waals surface area contributed by atoms with E-state index in [1.54, 1.807) is 0 Å². The summed E-state index contributed by atoms with van der Waals surface area (Å²) >= 11 is 1.85. The highest BCUT2D eigenvalue weighted by atomic mass is 32.1. The van der Waals surface area contributed by atoms with Gasteiger partial charge in [0.2, 0.25) is 0 Å². The Morgan fingerprint density at radius 3 is 3.00 bits per heavy atom. The molecule has 114 valence electrons. The predicted molar refractivity (Wildman–Crippen MR) is 85.7 cm³/mol. The Morgan fingerprint density at radius 2 is 2.30 bits per heavy atom. The van der Waals surface area contributed by atoms with E-state index in [2.05, 4.69) is 24.1 Å². The van der Waals surface area contributed by atoms with Crippen molar-refractivity contribution in [3.8, 4) is 0 Å². The van der Waals surface area contributed by atoms with E-state index in [4.69, 9.17) is 9.72 Å². The van der Waals surface area contributed by atoms with E-state index in [9.17, 15) is 0 Å². The van der Waals surface area contributed by atoms with Gasteiger partial charge in [-0.1, -0.05) is 13.8 Å². The van der Waals surface area contributed by atoms with Crippen LogP contribution in [0.25, 0.3) is 0 Å². The van der Waals surface area contributed by atoms with Crippen LogP contribution in [0.2, 0.25) is 0 Å². The van der Waals surface area contributed by atoms with Gasteiger partial charge in [0.1, 0.15) is 0 Å². The van der Waals surface area contributed by atoms with Gasteiger partial charge in [-0.05, 0) is 32.2 Å². The number of ether oxygens (including phenoxy) is 1. The molecule has 0 aromatic carbocycles. The smallest absolute Gasteiger partial charge is 0.185 e. The molecule has 1 atom stereocenters. The molecule has 1 aromatic rings. The molecule has 0 aliphatic carbocycles. The van der Waals surface area contributed by atoms with Crippen molar-refractivity contribution < 1.29 is 4.74 Å². The van der Waals surface area contributed by atoms with E-state index >= 15 is 0 Å². The zero-order chi connectivity index (χ0) is 14.4. The first kappa shape index (κ1) is 15.7. The molecule has 1 fully saturated rings. The number of hydrogen-bond donors (Lipinski definition) is 1. The molecule has 0 spiro atoms. The molecular formula is C15H27N3OS. The van der Waals surface area contributed by atoms with Crippen LogP contribution in [0, 0.1) is 0 Å². The summed E-state index contributed by atoms with van der Waals surface area (Å²) in [6, 6.07) is 0. The highest BCUT2D eigenvalue weighted by molar-refractivity contribution is 7.15. The second-order valence-electron chi connectivity index (χ2n) is 5.34. The van der Waals surface area contributed by atoms with Gasteiger partial charge in [-0.2, -0.15) is 0 Å². The molecule has 20 heavy (non-hydrogen) atoms. The molecule has 0 radical (unpaired) electrons. The third-order valence-electron chi connectivity index (χ3n) is 3.80. The highest BCUT2D eigenvalue weighted by Crippen LogP contribution is 2.29. The van der Waals surface area contributed by atoms with Crippen LogP contribution in [0.4, 0.5) is 5.13 Å². The van der Waals surface area contributed by atoms with E-state index in [0.717, 1.165) is 32.6 Å². The van der Waals surface area contributed by atoms with Crippen LogP contribution >= 0.6 is 11.3 Å². The SMILES string of the molecule is CCCNCc1sc(N2CCCC(OC)C2)nc1CC. The molecule has 0 amide bonds. The standard InChI is InChI=1S/C15H27N3OS/c1-4-8-16-10-14-13(5-2)17-15(20-14)18-9-6-7-12(11-18)19-3/h12,16H,4-11H2,1-3H3. The maximum Gasteiger partial charge on any atom is 0.185 e. The Hall–Kier alpha value is -0.650. The van der Waals surface area contributed by atoms with Crippen LogP contribution < -0.4 is 10.2 Å². The third kappa shape index (κ3) is 3.93. The molecular weight excluding hydrogens is 270 g/mol. The molecule has 5 heteroatoms. The summed E-state index contributed by atoms with van der Waals surface area (Å²) in [6.07, 6.45) is 4.92. The van der Waals surface area contributed by atoms with Gasteiger partial charge in [-0.3, -0.25) is 0 Å². The van der Waals surface area contributed by atoms with E-state index < -0.39 is 0 Å². The molecule has 2 heterocycles. The third-order valence-corrected chi connectivity index (χ3v) is 4.95. The predicted octanol–water partition coefficient (Wildman–Crippen LogP) is 2.82. The number of hydrogen-bond acceptors (Lipinski definition) is 5. The van der Waals surface area contributed by atoms with Crippen molar-refractivity contribution in [1.82, 2.24) is 10.3 Å². The van der Waals surface area contributed by atoms with E-state index in [-0.39, 0.29) is 0 Å². The summed E-state index contributed by atoms with van der Waals surface area (Å²) in [6.45, 7) is 8.51.